The van der Waals surface area contributed by atoms with E-state index in [9.17, 15) is 4.39 Å². The van der Waals surface area contributed by atoms with Crippen molar-refractivity contribution < 1.29 is 9.13 Å². The van der Waals surface area contributed by atoms with E-state index >= 15 is 0 Å². The summed E-state index contributed by atoms with van der Waals surface area (Å²) < 4.78 is 18.7. The molecule has 6 heteroatoms. The molecule has 0 unspecified atom stereocenters. The van der Waals surface area contributed by atoms with Gasteiger partial charge in [-0.2, -0.15) is 5.10 Å². The summed E-state index contributed by atoms with van der Waals surface area (Å²) in [6.45, 7) is 3.59. The van der Waals surface area contributed by atoms with Crippen LogP contribution in [0.1, 0.15) is 24.7 Å². The number of nitrogens with two attached hydrogens (primary N) is 1. The fraction of sp³-hybridized carbons (Fsp3) is 0.273. The van der Waals surface area contributed by atoms with Crippen molar-refractivity contribution in [2.45, 2.75) is 20.0 Å². The average Bonchev–Trinajstić information content (AvgIpc) is 2.70. The number of halogens is 1. The third-order valence-electron chi connectivity index (χ3n) is 2.26. The third kappa shape index (κ3) is 2.52. The maximum absolute atomic E-state index is 13.2. The van der Waals surface area contributed by atoms with Gasteiger partial charge in [0, 0.05) is 6.07 Å². The maximum atomic E-state index is 13.2. The molecule has 1 aromatic carbocycles. The predicted molar refractivity (Wildman–Crippen MR) is 61.0 cm³/mol. The molecule has 0 saturated carbocycles. The molecule has 1 aromatic heterocycles. The van der Waals surface area contributed by atoms with Gasteiger partial charge in [0.2, 0.25) is 0 Å². The van der Waals surface area contributed by atoms with Gasteiger partial charge in [0.15, 0.2) is 11.9 Å². The van der Waals surface area contributed by atoms with Crippen LogP contribution in [0, 0.1) is 12.7 Å². The summed E-state index contributed by atoms with van der Waals surface area (Å²) in [5.41, 5.74) is 5.47. The van der Waals surface area contributed by atoms with Crippen LogP contribution < -0.4 is 10.5 Å². The molecule has 0 aliphatic rings. The van der Waals surface area contributed by atoms with E-state index < -0.39 is 5.82 Å². The summed E-state index contributed by atoms with van der Waals surface area (Å²) in [6.07, 6.45) is -0.358. The van der Waals surface area contributed by atoms with Crippen molar-refractivity contribution in [2.75, 3.05) is 5.73 Å². The first-order chi connectivity index (χ1) is 8.06. The molecule has 2 aromatic rings. The lowest BCUT2D eigenvalue weighted by Gasteiger charge is -2.11. The van der Waals surface area contributed by atoms with Crippen LogP contribution in [-0.4, -0.2) is 15.2 Å². The number of hydrogen-bond acceptors (Lipinski definition) is 4. The second-order valence-corrected chi connectivity index (χ2v) is 3.72. The van der Waals surface area contributed by atoms with Gasteiger partial charge in [-0.25, -0.2) is 9.37 Å². The number of benzene rings is 1. The lowest BCUT2D eigenvalue weighted by atomic mass is 10.3. The van der Waals surface area contributed by atoms with Gasteiger partial charge in [-0.3, -0.25) is 5.10 Å². The fourth-order valence-electron chi connectivity index (χ4n) is 1.38. The molecule has 0 spiro atoms. The Morgan fingerprint density at radius 2 is 2.24 bits per heavy atom. The number of hydrogen-bond donors (Lipinski definition) is 2. The second-order valence-electron chi connectivity index (χ2n) is 3.72. The van der Waals surface area contributed by atoms with Crippen LogP contribution in [0.25, 0.3) is 0 Å². The Kier molecular flexibility index (Phi) is 2.95. The van der Waals surface area contributed by atoms with E-state index in [1.54, 1.807) is 19.9 Å². The Labute approximate surface area is 97.8 Å². The van der Waals surface area contributed by atoms with Crippen LogP contribution in [0.4, 0.5) is 10.1 Å². The lowest BCUT2D eigenvalue weighted by Crippen LogP contribution is -2.05. The molecule has 1 heterocycles. The second kappa shape index (κ2) is 4.40. The molecule has 0 aliphatic carbocycles. The molecule has 3 N–H and O–H groups in total. The minimum atomic E-state index is -0.499. The summed E-state index contributed by atoms with van der Waals surface area (Å²) in [4.78, 5) is 4.14. The third-order valence-corrected chi connectivity index (χ3v) is 2.26. The Morgan fingerprint density at radius 3 is 2.82 bits per heavy atom. The number of H-pyrrole nitrogens is 1. The minimum absolute atomic E-state index is 0.0961. The van der Waals surface area contributed by atoms with E-state index in [1.165, 1.54) is 12.1 Å². The van der Waals surface area contributed by atoms with Crippen molar-refractivity contribution in [2.24, 2.45) is 0 Å². The molecular weight excluding hydrogens is 223 g/mol. The Balaban J connectivity index is 2.12. The quantitative estimate of drug-likeness (QED) is 0.799. The molecule has 0 saturated heterocycles. The molecule has 0 amide bonds. The summed E-state index contributed by atoms with van der Waals surface area (Å²) >= 11 is 0. The first-order valence-corrected chi connectivity index (χ1v) is 5.17. The Bertz CT molecular complexity index is 526. The zero-order valence-electron chi connectivity index (χ0n) is 9.57. The van der Waals surface area contributed by atoms with Gasteiger partial charge in [-0.1, -0.05) is 0 Å². The fourth-order valence-corrected chi connectivity index (χ4v) is 1.38. The predicted octanol–water partition coefficient (Wildman–Crippen LogP) is 1.97. The highest BCUT2D eigenvalue weighted by molar-refractivity contribution is 5.43. The molecule has 1 atom stereocenters. The monoisotopic (exact) mass is 236 g/mol. The highest BCUT2D eigenvalue weighted by Crippen LogP contribution is 2.22. The number of anilines is 1. The van der Waals surface area contributed by atoms with Gasteiger partial charge in [-0.05, 0) is 26.0 Å². The van der Waals surface area contributed by atoms with Gasteiger partial charge >= 0.3 is 0 Å². The summed E-state index contributed by atoms with van der Waals surface area (Å²) in [5, 5.41) is 6.69. The number of aryl methyl sites for hydroxylation is 1. The van der Waals surface area contributed by atoms with Crippen LogP contribution in [0.3, 0.4) is 0 Å². The number of nitrogens with one attached hydrogen (secondary N) is 1. The topological polar surface area (TPSA) is 76.8 Å². The van der Waals surface area contributed by atoms with Gasteiger partial charge in [0.25, 0.3) is 0 Å². The van der Waals surface area contributed by atoms with E-state index in [4.69, 9.17) is 10.5 Å². The molecule has 0 radical (unpaired) electrons. The number of ether oxygens (including phenoxy) is 1. The molecule has 90 valence electrons. The van der Waals surface area contributed by atoms with Crippen LogP contribution in [0.5, 0.6) is 5.75 Å². The molecule has 17 heavy (non-hydrogen) atoms. The first kappa shape index (κ1) is 11.4. The zero-order valence-corrected chi connectivity index (χ0v) is 9.57. The van der Waals surface area contributed by atoms with Crippen molar-refractivity contribution in [3.8, 4) is 5.75 Å². The van der Waals surface area contributed by atoms with Crippen molar-refractivity contribution in [1.29, 1.82) is 0 Å². The van der Waals surface area contributed by atoms with E-state index in [-0.39, 0.29) is 11.8 Å². The smallest absolute Gasteiger partial charge is 0.191 e. The van der Waals surface area contributed by atoms with E-state index in [0.29, 0.717) is 17.4 Å². The average molecular weight is 236 g/mol. The zero-order chi connectivity index (χ0) is 12.4. The number of aromatic amines is 1. The normalized spacial score (nSPS) is 12.4. The van der Waals surface area contributed by atoms with Crippen molar-refractivity contribution in [1.82, 2.24) is 15.2 Å². The SMILES string of the molecule is Cc1nc([C@@H](C)Oc2ccc(N)c(F)c2)n[nH]1. The Hall–Kier alpha value is -2.11. The number of nitrogen functional groups attached to an aromatic ring is 1. The van der Waals surface area contributed by atoms with Crippen LogP contribution in [0.2, 0.25) is 0 Å². The highest BCUT2D eigenvalue weighted by Gasteiger charge is 2.13. The molecular formula is C11H13FN4O. The molecule has 2 rings (SSSR count). The van der Waals surface area contributed by atoms with Crippen LogP contribution in [0.15, 0.2) is 18.2 Å². The van der Waals surface area contributed by atoms with Crippen molar-refractivity contribution >= 4 is 5.69 Å². The number of nitrogens with zero attached hydrogens (tertiary/aromatic N) is 2. The van der Waals surface area contributed by atoms with Crippen molar-refractivity contribution in [3.05, 3.63) is 35.7 Å². The van der Waals surface area contributed by atoms with Crippen LogP contribution >= 0.6 is 0 Å². The molecule has 0 aliphatic heterocycles. The lowest BCUT2D eigenvalue weighted by molar-refractivity contribution is 0.216. The Morgan fingerprint density at radius 1 is 1.47 bits per heavy atom. The van der Waals surface area contributed by atoms with Crippen LogP contribution in [-0.2, 0) is 0 Å². The number of aromatic nitrogens is 3. The summed E-state index contributed by atoms with van der Waals surface area (Å²) in [5.74, 6) is 1.13. The van der Waals surface area contributed by atoms with E-state index in [2.05, 4.69) is 15.2 Å². The van der Waals surface area contributed by atoms with E-state index in [0.717, 1.165) is 0 Å². The van der Waals surface area contributed by atoms with Gasteiger partial charge < -0.3 is 10.5 Å². The number of rotatable bonds is 3. The standard InChI is InChI=1S/C11H13FN4O/c1-6(11-14-7(2)15-16-11)17-8-3-4-10(13)9(12)5-8/h3-6H,13H2,1-2H3,(H,14,15,16)/t6-/m1/s1. The summed E-state index contributed by atoms with van der Waals surface area (Å²) in [6, 6.07) is 4.31. The molecule has 0 bridgehead atoms. The molecule has 0 fully saturated rings. The highest BCUT2D eigenvalue weighted by atomic mass is 19.1. The van der Waals surface area contributed by atoms with Gasteiger partial charge in [0.05, 0.1) is 5.69 Å². The van der Waals surface area contributed by atoms with Gasteiger partial charge in [-0.15, -0.1) is 0 Å². The first-order valence-electron chi connectivity index (χ1n) is 5.17. The largest absolute Gasteiger partial charge is 0.483 e. The maximum Gasteiger partial charge on any atom is 0.191 e. The summed E-state index contributed by atoms with van der Waals surface area (Å²) in [7, 11) is 0. The molecule has 5 nitrogen and oxygen atoms in total. The van der Waals surface area contributed by atoms with Gasteiger partial charge in [0.1, 0.15) is 17.4 Å². The van der Waals surface area contributed by atoms with Crippen molar-refractivity contribution in [3.63, 3.8) is 0 Å². The minimum Gasteiger partial charge on any atom is -0.483 e. The van der Waals surface area contributed by atoms with E-state index in [1.807, 2.05) is 0 Å².